The number of benzene rings is 2. The molecule has 4 N–H and O–H groups in total. The Morgan fingerprint density at radius 3 is 2.68 bits per heavy atom. The standard InChI is InChI=1S/C26H26F3N5O2S/c1-31-24-13-16(7-10-32-24)20(15-33-18-8-11-36-12-9-18)26(30)19-3-2-4-22(25(19)29)34-37(35)23-14-17(27)5-6-21(23)28/h2-7,10,13-15,18,30,33-34H,8-9,11-12H2,1H3,(H,31,32)/b20-15-,30-26?. The summed E-state index contributed by atoms with van der Waals surface area (Å²) < 4.78 is 63.7. The molecule has 2 heterocycles. The Hall–Kier alpha value is -3.54. The summed E-state index contributed by atoms with van der Waals surface area (Å²) >= 11 is -2.28. The number of anilines is 2. The van der Waals surface area contributed by atoms with Crippen molar-refractivity contribution >= 4 is 34.2 Å². The van der Waals surface area contributed by atoms with Crippen molar-refractivity contribution in [2.75, 3.05) is 30.3 Å². The summed E-state index contributed by atoms with van der Waals surface area (Å²) in [5, 5.41) is 15.2. The first-order valence-electron chi connectivity index (χ1n) is 11.6. The molecule has 0 bridgehead atoms. The van der Waals surface area contributed by atoms with E-state index in [0.29, 0.717) is 30.2 Å². The molecule has 11 heteroatoms. The maximum atomic E-state index is 15.6. The van der Waals surface area contributed by atoms with Crippen molar-refractivity contribution in [3.05, 3.63) is 89.5 Å². The fourth-order valence-corrected chi connectivity index (χ4v) is 4.76. The molecule has 2 aromatic carbocycles. The highest BCUT2D eigenvalue weighted by Gasteiger charge is 2.23. The number of ether oxygens (including phenoxy) is 1. The van der Waals surface area contributed by atoms with Crippen LogP contribution >= 0.6 is 0 Å². The van der Waals surface area contributed by atoms with Crippen molar-refractivity contribution in [2.24, 2.45) is 0 Å². The number of hydrogen-bond acceptors (Lipinski definition) is 7. The Morgan fingerprint density at radius 1 is 1.14 bits per heavy atom. The van der Waals surface area contributed by atoms with Gasteiger partial charge in [0.2, 0.25) is 4.90 Å². The van der Waals surface area contributed by atoms with Crippen LogP contribution in [0.3, 0.4) is 0 Å². The van der Waals surface area contributed by atoms with Gasteiger partial charge in [-0.05, 0) is 54.8 Å². The molecule has 7 nitrogen and oxygen atoms in total. The van der Waals surface area contributed by atoms with Gasteiger partial charge < -0.3 is 19.9 Å². The van der Waals surface area contributed by atoms with Crippen LogP contribution in [-0.2, 0) is 16.1 Å². The van der Waals surface area contributed by atoms with Crippen LogP contribution in [0.4, 0.5) is 24.7 Å². The summed E-state index contributed by atoms with van der Waals surface area (Å²) in [4.78, 5) is 3.76. The molecule has 1 aromatic heterocycles. The molecule has 0 aliphatic carbocycles. The molecule has 0 radical (unpaired) electrons. The Morgan fingerprint density at radius 2 is 1.92 bits per heavy atom. The van der Waals surface area contributed by atoms with E-state index < -0.39 is 33.7 Å². The largest absolute Gasteiger partial charge is 0.588 e. The Labute approximate surface area is 216 Å². The Balaban J connectivity index is 1.65. The molecular weight excluding hydrogens is 503 g/mol. The molecule has 1 saturated heterocycles. The van der Waals surface area contributed by atoms with Crippen LogP contribution in [0.5, 0.6) is 0 Å². The highest BCUT2D eigenvalue weighted by molar-refractivity contribution is 7.92. The normalized spacial score (nSPS) is 15.2. The third kappa shape index (κ3) is 6.43. The zero-order valence-electron chi connectivity index (χ0n) is 20.0. The monoisotopic (exact) mass is 529 g/mol. The lowest BCUT2D eigenvalue weighted by Crippen LogP contribution is -2.31. The molecule has 1 unspecified atom stereocenters. The average Bonchev–Trinajstić information content (AvgIpc) is 2.92. The first-order chi connectivity index (χ1) is 17.9. The van der Waals surface area contributed by atoms with E-state index in [0.717, 1.165) is 31.0 Å². The number of nitrogens with one attached hydrogen (secondary N) is 4. The summed E-state index contributed by atoms with van der Waals surface area (Å²) in [6.07, 6.45) is 4.87. The van der Waals surface area contributed by atoms with Gasteiger partial charge in [0.1, 0.15) is 28.7 Å². The number of pyridine rings is 1. The second-order valence-corrected chi connectivity index (χ2v) is 9.46. The van der Waals surface area contributed by atoms with E-state index in [1.54, 1.807) is 31.6 Å². The zero-order valence-corrected chi connectivity index (χ0v) is 20.8. The molecule has 0 saturated carbocycles. The van der Waals surface area contributed by atoms with Gasteiger partial charge in [-0.2, -0.15) is 0 Å². The summed E-state index contributed by atoms with van der Waals surface area (Å²) in [6, 6.07) is 10.4. The molecule has 1 aliphatic rings. The Kier molecular flexibility index (Phi) is 8.70. The van der Waals surface area contributed by atoms with Crippen molar-refractivity contribution in [1.29, 1.82) is 5.41 Å². The van der Waals surface area contributed by atoms with Gasteiger partial charge in [0.25, 0.3) is 0 Å². The zero-order chi connectivity index (χ0) is 26.4. The predicted octanol–water partition coefficient (Wildman–Crippen LogP) is 4.85. The topological polar surface area (TPSA) is 105 Å². The minimum atomic E-state index is -2.28. The van der Waals surface area contributed by atoms with Gasteiger partial charge in [-0.1, -0.05) is 6.07 Å². The highest BCUT2D eigenvalue weighted by atomic mass is 32.2. The number of hydrogen-bond donors (Lipinski definition) is 4. The van der Waals surface area contributed by atoms with Crippen molar-refractivity contribution < 1.29 is 22.5 Å². The fraction of sp³-hybridized carbons (Fsp3) is 0.231. The first kappa shape index (κ1) is 26.5. The van der Waals surface area contributed by atoms with Crippen molar-refractivity contribution in [3.63, 3.8) is 0 Å². The van der Waals surface area contributed by atoms with Crippen LogP contribution in [0.25, 0.3) is 5.57 Å². The second kappa shape index (κ2) is 12.1. The van der Waals surface area contributed by atoms with E-state index in [-0.39, 0.29) is 23.0 Å². The van der Waals surface area contributed by atoms with E-state index in [1.165, 1.54) is 18.2 Å². The van der Waals surface area contributed by atoms with Crippen LogP contribution < -0.4 is 15.4 Å². The quantitative estimate of drug-likeness (QED) is 0.233. The molecule has 194 valence electrons. The van der Waals surface area contributed by atoms with Gasteiger partial charge in [-0.15, -0.1) is 0 Å². The van der Waals surface area contributed by atoms with Crippen molar-refractivity contribution in [1.82, 2.24) is 10.3 Å². The Bertz CT molecular complexity index is 1300. The number of halogens is 3. The van der Waals surface area contributed by atoms with E-state index in [9.17, 15) is 13.3 Å². The van der Waals surface area contributed by atoms with Crippen LogP contribution in [0, 0.1) is 22.9 Å². The minimum Gasteiger partial charge on any atom is -0.588 e. The molecule has 1 fully saturated rings. The lowest BCUT2D eigenvalue weighted by molar-refractivity contribution is 0.0812. The minimum absolute atomic E-state index is 0.0652. The van der Waals surface area contributed by atoms with Gasteiger partial charge in [0, 0.05) is 55.9 Å². The fourth-order valence-electron chi connectivity index (χ4n) is 3.82. The number of nitrogens with zero attached hydrogens (tertiary/aromatic N) is 1. The third-order valence-corrected chi connectivity index (χ3v) is 6.96. The van der Waals surface area contributed by atoms with Gasteiger partial charge in [0.05, 0.1) is 5.71 Å². The summed E-state index contributed by atoms with van der Waals surface area (Å²) in [6.45, 7) is 1.26. The van der Waals surface area contributed by atoms with Gasteiger partial charge in [-0.3, -0.25) is 5.41 Å². The van der Waals surface area contributed by atoms with E-state index >= 15 is 4.39 Å². The molecule has 3 aromatic rings. The van der Waals surface area contributed by atoms with E-state index in [1.807, 2.05) is 0 Å². The smallest absolute Gasteiger partial charge is 0.218 e. The average molecular weight is 530 g/mol. The maximum Gasteiger partial charge on any atom is 0.218 e. The van der Waals surface area contributed by atoms with Crippen LogP contribution in [0.2, 0.25) is 0 Å². The van der Waals surface area contributed by atoms with Crippen LogP contribution in [0.15, 0.2) is 65.8 Å². The lowest BCUT2D eigenvalue weighted by Gasteiger charge is -2.23. The maximum absolute atomic E-state index is 15.6. The van der Waals surface area contributed by atoms with Crippen molar-refractivity contribution in [3.8, 4) is 0 Å². The molecule has 4 rings (SSSR count). The number of aromatic nitrogens is 1. The molecule has 37 heavy (non-hydrogen) atoms. The van der Waals surface area contributed by atoms with E-state index in [4.69, 9.17) is 10.1 Å². The predicted molar refractivity (Wildman–Crippen MR) is 138 cm³/mol. The molecule has 1 aliphatic heterocycles. The number of rotatable bonds is 9. The number of allylic oxidation sites excluding steroid dienone is 1. The van der Waals surface area contributed by atoms with E-state index in [2.05, 4.69) is 20.3 Å². The molecule has 0 spiro atoms. The lowest BCUT2D eigenvalue weighted by atomic mass is 9.96. The van der Waals surface area contributed by atoms with Crippen molar-refractivity contribution in [2.45, 2.75) is 23.8 Å². The van der Waals surface area contributed by atoms with Crippen LogP contribution in [0.1, 0.15) is 24.0 Å². The first-order valence-corrected chi connectivity index (χ1v) is 12.7. The molecule has 1 atom stereocenters. The highest BCUT2D eigenvalue weighted by Crippen LogP contribution is 2.28. The summed E-state index contributed by atoms with van der Waals surface area (Å²) in [7, 11) is 1.72. The SMILES string of the molecule is CNc1cc(/C(=C/NC2CCOCC2)C(=N)c2cccc(N[S+]([O-])c3cc(F)ccc3F)c2F)ccn1. The van der Waals surface area contributed by atoms with Crippen LogP contribution in [-0.4, -0.2) is 41.6 Å². The third-order valence-electron chi connectivity index (χ3n) is 5.84. The second-order valence-electron chi connectivity index (χ2n) is 8.28. The summed E-state index contributed by atoms with van der Waals surface area (Å²) in [5.41, 5.74) is 0.638. The molecular formula is C26H26F3N5O2S. The molecule has 0 amide bonds. The van der Waals surface area contributed by atoms with Gasteiger partial charge in [-0.25, -0.2) is 22.9 Å². The van der Waals surface area contributed by atoms with Gasteiger partial charge >= 0.3 is 0 Å². The summed E-state index contributed by atoms with van der Waals surface area (Å²) in [5.74, 6) is -1.94. The van der Waals surface area contributed by atoms with Gasteiger partial charge in [0.15, 0.2) is 11.6 Å².